The fourth-order valence-electron chi connectivity index (χ4n) is 1.48. The van der Waals surface area contributed by atoms with E-state index >= 15 is 0 Å². The Kier molecular flexibility index (Phi) is 5.65. The molecule has 0 saturated heterocycles. The van der Waals surface area contributed by atoms with Gasteiger partial charge in [-0.1, -0.05) is 20.3 Å². The largest absolute Gasteiger partial charge is 0.391 e. The van der Waals surface area contributed by atoms with E-state index in [4.69, 9.17) is 5.84 Å². The van der Waals surface area contributed by atoms with E-state index in [1.54, 1.807) is 6.07 Å². The van der Waals surface area contributed by atoms with Crippen LogP contribution in [0.25, 0.3) is 0 Å². The summed E-state index contributed by atoms with van der Waals surface area (Å²) < 4.78 is 0. The summed E-state index contributed by atoms with van der Waals surface area (Å²) >= 11 is 0. The molecule has 0 aliphatic carbocycles. The Balaban J connectivity index is 2.63. The number of nitrogens with zero attached hydrogens (tertiary/aromatic N) is 2. The number of hydrogen-bond acceptors (Lipinski definition) is 6. The van der Waals surface area contributed by atoms with Crippen LogP contribution in [0, 0.1) is 0 Å². The summed E-state index contributed by atoms with van der Waals surface area (Å²) in [4.78, 5) is 8.49. The molecule has 1 heterocycles. The monoisotopic (exact) mass is 239 g/mol. The molecule has 1 aromatic rings. The Hall–Kier alpha value is -1.40. The van der Waals surface area contributed by atoms with Crippen molar-refractivity contribution < 1.29 is 5.11 Å². The van der Waals surface area contributed by atoms with E-state index in [9.17, 15) is 5.11 Å². The fraction of sp³-hybridized carbons (Fsp3) is 0.636. The van der Waals surface area contributed by atoms with Crippen molar-refractivity contribution in [1.82, 2.24) is 9.97 Å². The number of nitrogens with one attached hydrogen (secondary N) is 2. The molecule has 0 aromatic carbocycles. The van der Waals surface area contributed by atoms with Crippen LogP contribution < -0.4 is 16.6 Å². The first-order chi connectivity index (χ1) is 8.19. The van der Waals surface area contributed by atoms with E-state index in [0.29, 0.717) is 24.0 Å². The molecule has 0 aliphatic rings. The molecule has 6 nitrogen and oxygen atoms in total. The molecule has 5 N–H and O–H groups in total. The van der Waals surface area contributed by atoms with Crippen LogP contribution in [0.5, 0.6) is 0 Å². The average Bonchev–Trinajstić information content (AvgIpc) is 2.36. The third-order valence-electron chi connectivity index (χ3n) is 2.38. The summed E-state index contributed by atoms with van der Waals surface area (Å²) in [6, 6.07) is 1.72. The van der Waals surface area contributed by atoms with E-state index in [-0.39, 0.29) is 6.10 Å². The highest BCUT2D eigenvalue weighted by atomic mass is 16.3. The second kappa shape index (κ2) is 7.03. The maximum absolute atomic E-state index is 9.62. The predicted octanol–water partition coefficient (Wildman–Crippen LogP) is 0.897. The lowest BCUT2D eigenvalue weighted by atomic mass is 10.2. The van der Waals surface area contributed by atoms with Crippen LogP contribution in [-0.4, -0.2) is 27.7 Å². The summed E-state index contributed by atoms with van der Waals surface area (Å²) in [5, 5.41) is 12.7. The number of rotatable bonds is 7. The van der Waals surface area contributed by atoms with Crippen molar-refractivity contribution in [1.29, 1.82) is 0 Å². The number of anilines is 2. The van der Waals surface area contributed by atoms with Gasteiger partial charge in [0.1, 0.15) is 17.5 Å². The van der Waals surface area contributed by atoms with Crippen LogP contribution in [0.2, 0.25) is 0 Å². The van der Waals surface area contributed by atoms with Gasteiger partial charge in [-0.3, -0.25) is 0 Å². The van der Waals surface area contributed by atoms with Crippen molar-refractivity contribution in [3.8, 4) is 0 Å². The molecule has 1 rings (SSSR count). The number of aliphatic hydroxyl groups excluding tert-OH is 1. The number of hydrazine groups is 1. The topological polar surface area (TPSA) is 96.1 Å². The number of hydrogen-bond donors (Lipinski definition) is 4. The molecule has 1 unspecified atom stereocenters. The number of nitrogen functional groups attached to an aromatic ring is 1. The quantitative estimate of drug-likeness (QED) is 0.417. The third kappa shape index (κ3) is 4.54. The molecule has 0 spiro atoms. The van der Waals surface area contributed by atoms with E-state index in [2.05, 4.69) is 20.7 Å². The van der Waals surface area contributed by atoms with E-state index in [0.717, 1.165) is 19.3 Å². The zero-order chi connectivity index (χ0) is 12.7. The van der Waals surface area contributed by atoms with Crippen LogP contribution in [0.4, 0.5) is 11.6 Å². The predicted molar refractivity (Wildman–Crippen MR) is 68.6 cm³/mol. The van der Waals surface area contributed by atoms with Crippen LogP contribution >= 0.6 is 0 Å². The van der Waals surface area contributed by atoms with Crippen molar-refractivity contribution in [2.24, 2.45) is 5.84 Å². The zero-order valence-electron chi connectivity index (χ0n) is 10.4. The summed E-state index contributed by atoms with van der Waals surface area (Å²) in [5.74, 6) is 7.30. The Morgan fingerprint density at radius 2 is 2.06 bits per heavy atom. The maximum Gasteiger partial charge on any atom is 0.145 e. The zero-order valence-corrected chi connectivity index (χ0v) is 10.4. The highest BCUT2D eigenvalue weighted by Crippen LogP contribution is 2.11. The minimum atomic E-state index is -0.352. The SMILES string of the molecule is CCCC(O)CNc1cc(NN)nc(CC)n1. The number of aromatic nitrogens is 2. The molecule has 0 amide bonds. The summed E-state index contributed by atoms with van der Waals surface area (Å²) in [7, 11) is 0. The molecule has 0 fully saturated rings. The van der Waals surface area contributed by atoms with Gasteiger partial charge < -0.3 is 15.8 Å². The molecule has 0 radical (unpaired) electrons. The number of nitrogens with two attached hydrogens (primary N) is 1. The van der Waals surface area contributed by atoms with E-state index in [1.165, 1.54) is 0 Å². The second-order valence-corrected chi connectivity index (χ2v) is 3.88. The lowest BCUT2D eigenvalue weighted by Crippen LogP contribution is -2.20. The highest BCUT2D eigenvalue weighted by molar-refractivity contribution is 5.46. The van der Waals surface area contributed by atoms with Crippen molar-refractivity contribution in [2.75, 3.05) is 17.3 Å². The second-order valence-electron chi connectivity index (χ2n) is 3.88. The van der Waals surface area contributed by atoms with Gasteiger partial charge in [-0.05, 0) is 6.42 Å². The standard InChI is InChI=1S/C11H21N5O/c1-3-5-8(17)7-13-10-6-11(16-12)15-9(4-2)14-10/h6,8,17H,3-5,7,12H2,1-2H3,(H2,13,14,15,16). The van der Waals surface area contributed by atoms with Gasteiger partial charge in [0.05, 0.1) is 6.10 Å². The van der Waals surface area contributed by atoms with Gasteiger partial charge in [-0.15, -0.1) is 0 Å². The maximum atomic E-state index is 9.62. The van der Waals surface area contributed by atoms with Gasteiger partial charge >= 0.3 is 0 Å². The molecule has 0 aliphatic heterocycles. The first kappa shape index (κ1) is 13.7. The van der Waals surface area contributed by atoms with Crippen molar-refractivity contribution in [3.63, 3.8) is 0 Å². The molecule has 17 heavy (non-hydrogen) atoms. The van der Waals surface area contributed by atoms with Gasteiger partial charge in [0, 0.05) is 19.0 Å². The first-order valence-electron chi connectivity index (χ1n) is 5.96. The smallest absolute Gasteiger partial charge is 0.145 e. The molecule has 1 aromatic heterocycles. The molecule has 1 atom stereocenters. The van der Waals surface area contributed by atoms with Crippen LogP contribution in [0.3, 0.4) is 0 Å². The molecule has 0 bridgehead atoms. The molecule has 6 heteroatoms. The lowest BCUT2D eigenvalue weighted by molar-refractivity contribution is 0.176. The fourth-order valence-corrected chi connectivity index (χ4v) is 1.48. The van der Waals surface area contributed by atoms with E-state index < -0.39 is 0 Å². The Morgan fingerprint density at radius 3 is 2.65 bits per heavy atom. The summed E-state index contributed by atoms with van der Waals surface area (Å²) in [5.41, 5.74) is 2.50. The van der Waals surface area contributed by atoms with Gasteiger partial charge in [0.15, 0.2) is 0 Å². The number of aliphatic hydroxyl groups is 1. The molecular formula is C11H21N5O. The minimum absolute atomic E-state index is 0.352. The van der Waals surface area contributed by atoms with Gasteiger partial charge in [-0.2, -0.15) is 0 Å². The normalized spacial score (nSPS) is 12.2. The average molecular weight is 239 g/mol. The Labute approximate surface area is 102 Å². The third-order valence-corrected chi connectivity index (χ3v) is 2.38. The van der Waals surface area contributed by atoms with Crippen LogP contribution in [0.15, 0.2) is 6.07 Å². The molecule has 0 saturated carbocycles. The van der Waals surface area contributed by atoms with Crippen LogP contribution in [0.1, 0.15) is 32.5 Å². The molecule has 96 valence electrons. The van der Waals surface area contributed by atoms with Crippen molar-refractivity contribution in [2.45, 2.75) is 39.2 Å². The Morgan fingerprint density at radius 1 is 1.35 bits per heavy atom. The lowest BCUT2D eigenvalue weighted by Gasteiger charge is -2.12. The minimum Gasteiger partial charge on any atom is -0.391 e. The number of aryl methyl sites for hydroxylation is 1. The first-order valence-corrected chi connectivity index (χ1v) is 5.96. The summed E-state index contributed by atoms with van der Waals surface area (Å²) in [6.45, 7) is 4.50. The Bertz CT molecular complexity index is 322. The van der Waals surface area contributed by atoms with Gasteiger partial charge in [-0.25, -0.2) is 15.8 Å². The van der Waals surface area contributed by atoms with Crippen molar-refractivity contribution in [3.05, 3.63) is 11.9 Å². The van der Waals surface area contributed by atoms with E-state index in [1.807, 2.05) is 13.8 Å². The van der Waals surface area contributed by atoms with Gasteiger partial charge in [0.25, 0.3) is 0 Å². The van der Waals surface area contributed by atoms with Gasteiger partial charge in [0.2, 0.25) is 0 Å². The molecular weight excluding hydrogens is 218 g/mol. The highest BCUT2D eigenvalue weighted by Gasteiger charge is 2.05. The summed E-state index contributed by atoms with van der Waals surface area (Å²) in [6.07, 6.45) is 2.12. The van der Waals surface area contributed by atoms with Crippen molar-refractivity contribution >= 4 is 11.6 Å². The van der Waals surface area contributed by atoms with Crippen LogP contribution in [-0.2, 0) is 6.42 Å².